The molecular weight excluding hydrogens is 572 g/mol. The second kappa shape index (κ2) is 13.9. The van der Waals surface area contributed by atoms with Crippen LogP contribution in [0.4, 0.5) is 10.8 Å². The zero-order valence-electron chi connectivity index (χ0n) is 21.9. The molecule has 3 heterocycles. The largest absolute Gasteiger partial charge is 0.385 e. The Hall–Kier alpha value is -3.19. The van der Waals surface area contributed by atoms with E-state index in [2.05, 4.69) is 25.9 Å². The van der Waals surface area contributed by atoms with Gasteiger partial charge >= 0.3 is 10.1 Å². The van der Waals surface area contributed by atoms with Crippen LogP contribution in [0, 0.1) is 5.92 Å². The van der Waals surface area contributed by atoms with Crippen molar-refractivity contribution in [3.63, 3.8) is 0 Å². The monoisotopic (exact) mass is 604 g/mol. The van der Waals surface area contributed by atoms with E-state index < -0.39 is 10.1 Å². The van der Waals surface area contributed by atoms with Crippen molar-refractivity contribution in [1.29, 1.82) is 0 Å². The molecule has 0 radical (unpaired) electrons. The Labute approximate surface area is 244 Å². The average Bonchev–Trinajstić information content (AvgIpc) is 3.60. The number of amides is 1. The predicted molar refractivity (Wildman–Crippen MR) is 160 cm³/mol. The minimum atomic E-state index is -4.01. The number of aryl methyl sites for hydroxylation is 1. The highest BCUT2D eigenvalue weighted by Gasteiger charge is 2.18. The topological polar surface area (TPSA) is 127 Å². The lowest BCUT2D eigenvalue weighted by atomic mass is 9.93. The van der Waals surface area contributed by atoms with Crippen LogP contribution in [-0.4, -0.2) is 48.5 Å². The van der Waals surface area contributed by atoms with Gasteiger partial charge in [-0.3, -0.25) is 4.79 Å². The maximum atomic E-state index is 12.9. The van der Waals surface area contributed by atoms with Crippen molar-refractivity contribution in [2.45, 2.75) is 43.5 Å². The number of halogens is 1. The van der Waals surface area contributed by atoms with Crippen molar-refractivity contribution in [2.24, 2.45) is 5.92 Å². The van der Waals surface area contributed by atoms with E-state index in [1.165, 1.54) is 23.5 Å². The van der Waals surface area contributed by atoms with E-state index in [1.54, 1.807) is 42.9 Å². The molecule has 13 heteroatoms. The number of carbonyl (C=O) groups is 1. The fourth-order valence-electron chi connectivity index (χ4n) is 4.53. The Morgan fingerprint density at radius 3 is 2.70 bits per heavy atom. The first-order valence-electron chi connectivity index (χ1n) is 13.1. The van der Waals surface area contributed by atoms with Gasteiger partial charge in [0.2, 0.25) is 5.91 Å². The zero-order valence-corrected chi connectivity index (χ0v) is 24.4. The smallest absolute Gasteiger partial charge is 0.339 e. The number of nitrogens with zero attached hydrogens (tertiary/aromatic N) is 3. The minimum Gasteiger partial charge on any atom is -0.385 e. The van der Waals surface area contributed by atoms with Gasteiger partial charge in [0, 0.05) is 43.7 Å². The predicted octanol–water partition coefficient (Wildman–Crippen LogP) is 4.90. The fourth-order valence-corrected chi connectivity index (χ4v) is 6.36. The number of imidazole rings is 1. The van der Waals surface area contributed by atoms with Gasteiger partial charge in [-0.1, -0.05) is 11.3 Å². The van der Waals surface area contributed by atoms with Gasteiger partial charge in [-0.2, -0.15) is 8.42 Å². The third kappa shape index (κ3) is 8.17. The number of anilines is 2. The summed E-state index contributed by atoms with van der Waals surface area (Å²) in [6.07, 6.45) is 9.90. The summed E-state index contributed by atoms with van der Waals surface area (Å²) >= 11 is 1.29. The molecule has 1 aliphatic heterocycles. The van der Waals surface area contributed by atoms with Crippen molar-refractivity contribution in [3.05, 3.63) is 61.2 Å². The number of hydrogen-bond donors (Lipinski definition) is 3. The van der Waals surface area contributed by atoms with Crippen molar-refractivity contribution >= 4 is 60.8 Å². The summed E-state index contributed by atoms with van der Waals surface area (Å²) in [5.41, 5.74) is 1.50. The molecule has 0 atom stereocenters. The second-order valence-electron chi connectivity index (χ2n) is 9.57. The Kier molecular flexibility index (Phi) is 10.4. The van der Waals surface area contributed by atoms with E-state index in [9.17, 15) is 13.2 Å². The van der Waals surface area contributed by atoms with Crippen LogP contribution in [0.1, 0.15) is 32.1 Å². The van der Waals surface area contributed by atoms with Crippen LogP contribution in [-0.2, 0) is 21.5 Å². The van der Waals surface area contributed by atoms with E-state index in [0.717, 1.165) is 62.2 Å². The highest BCUT2D eigenvalue weighted by atomic mass is 35.5. The Morgan fingerprint density at radius 1 is 1.15 bits per heavy atom. The summed E-state index contributed by atoms with van der Waals surface area (Å²) in [7, 11) is -4.01. The Bertz CT molecular complexity index is 1490. The number of benzene rings is 2. The normalized spacial score (nSPS) is 14.0. The van der Waals surface area contributed by atoms with Gasteiger partial charge in [-0.15, -0.1) is 12.4 Å². The number of nitrogens with one attached hydrogen (secondary N) is 3. The van der Waals surface area contributed by atoms with Crippen molar-refractivity contribution in [3.8, 4) is 5.75 Å². The molecule has 1 saturated heterocycles. The molecule has 0 saturated carbocycles. The SMILES string of the molecule is Cl.O=C(CCC1CCNCC1)Nc1nc2ccc(OS(=O)(=O)c3ccc(NCCCn4ccnc4)cc3)cc2s1. The summed E-state index contributed by atoms with van der Waals surface area (Å²) in [6, 6.07) is 11.4. The molecule has 2 aromatic carbocycles. The van der Waals surface area contributed by atoms with Gasteiger partial charge in [-0.05, 0) is 81.1 Å². The summed E-state index contributed by atoms with van der Waals surface area (Å²) in [4.78, 5) is 21.0. The average molecular weight is 605 g/mol. The van der Waals surface area contributed by atoms with Crippen LogP contribution >= 0.6 is 23.7 Å². The number of aromatic nitrogens is 3. The van der Waals surface area contributed by atoms with E-state index in [4.69, 9.17) is 4.18 Å². The lowest BCUT2D eigenvalue weighted by molar-refractivity contribution is -0.116. The van der Waals surface area contributed by atoms with Crippen LogP contribution < -0.4 is 20.1 Å². The summed E-state index contributed by atoms with van der Waals surface area (Å²) in [5.74, 6) is 0.722. The highest BCUT2D eigenvalue weighted by Crippen LogP contribution is 2.31. The van der Waals surface area contributed by atoms with Crippen molar-refractivity contribution in [1.82, 2.24) is 19.9 Å². The van der Waals surface area contributed by atoms with Gasteiger partial charge in [0.05, 0.1) is 16.5 Å². The van der Waals surface area contributed by atoms with Crippen LogP contribution in [0.3, 0.4) is 0 Å². The minimum absolute atomic E-state index is 0. The molecule has 1 amide bonds. The van der Waals surface area contributed by atoms with E-state index in [1.807, 2.05) is 10.8 Å². The lowest BCUT2D eigenvalue weighted by Gasteiger charge is -2.21. The van der Waals surface area contributed by atoms with E-state index >= 15 is 0 Å². The number of hydrogen-bond acceptors (Lipinski definition) is 9. The van der Waals surface area contributed by atoms with Crippen molar-refractivity contribution < 1.29 is 17.4 Å². The van der Waals surface area contributed by atoms with Crippen LogP contribution in [0.25, 0.3) is 10.2 Å². The molecule has 5 rings (SSSR count). The lowest BCUT2D eigenvalue weighted by Crippen LogP contribution is -2.28. The molecular formula is C27H33ClN6O4S2. The maximum absolute atomic E-state index is 12.9. The maximum Gasteiger partial charge on any atom is 0.339 e. The number of carbonyl (C=O) groups excluding carboxylic acids is 1. The molecule has 3 N–H and O–H groups in total. The quantitative estimate of drug-likeness (QED) is 0.154. The first-order chi connectivity index (χ1) is 18.9. The summed E-state index contributed by atoms with van der Waals surface area (Å²) in [6.45, 7) is 3.63. The van der Waals surface area contributed by atoms with Gasteiger partial charge in [0.15, 0.2) is 5.13 Å². The Morgan fingerprint density at radius 2 is 1.95 bits per heavy atom. The molecule has 0 bridgehead atoms. The molecule has 214 valence electrons. The zero-order chi connectivity index (χ0) is 27.1. The van der Waals surface area contributed by atoms with E-state index in [-0.39, 0.29) is 29.0 Å². The number of thiazole rings is 1. The van der Waals surface area contributed by atoms with Crippen LogP contribution in [0.15, 0.2) is 66.1 Å². The summed E-state index contributed by atoms with van der Waals surface area (Å²) in [5, 5.41) is 10.00. The van der Waals surface area contributed by atoms with Gasteiger partial charge in [0.1, 0.15) is 10.6 Å². The molecule has 40 heavy (non-hydrogen) atoms. The number of fused-ring (bicyclic) bond motifs is 1. The molecule has 4 aromatic rings. The molecule has 10 nitrogen and oxygen atoms in total. The second-order valence-corrected chi connectivity index (χ2v) is 12.1. The van der Waals surface area contributed by atoms with Gasteiger partial charge < -0.3 is 24.7 Å². The number of piperidine rings is 1. The van der Waals surface area contributed by atoms with Gasteiger partial charge in [-0.25, -0.2) is 9.97 Å². The van der Waals surface area contributed by atoms with Crippen molar-refractivity contribution in [2.75, 3.05) is 30.3 Å². The number of rotatable bonds is 12. The molecule has 0 aliphatic carbocycles. The molecule has 0 spiro atoms. The first-order valence-corrected chi connectivity index (χ1v) is 15.3. The van der Waals surface area contributed by atoms with Crippen LogP contribution in [0.5, 0.6) is 5.75 Å². The third-order valence-corrected chi connectivity index (χ3v) is 8.87. The first kappa shape index (κ1) is 29.8. The van der Waals surface area contributed by atoms with Gasteiger partial charge in [0.25, 0.3) is 0 Å². The molecule has 1 aliphatic rings. The molecule has 0 unspecified atom stereocenters. The van der Waals surface area contributed by atoms with Crippen LogP contribution in [0.2, 0.25) is 0 Å². The fraction of sp³-hybridized carbons (Fsp3) is 0.370. The molecule has 2 aromatic heterocycles. The summed E-state index contributed by atoms with van der Waals surface area (Å²) < 4.78 is 33.9. The third-order valence-electron chi connectivity index (χ3n) is 6.67. The highest BCUT2D eigenvalue weighted by molar-refractivity contribution is 7.87. The Balaban J connectivity index is 0.00000370. The van der Waals surface area contributed by atoms with E-state index in [0.29, 0.717) is 23.0 Å². The standard InChI is InChI=1S/C27H32N6O4S2.ClH/c34-26(9-2-20-10-13-28-14-11-20)32-27-31-24-8-5-22(18-25(24)38-27)37-39(35,36)23-6-3-21(4-7-23)30-12-1-16-33-17-15-29-19-33;/h3-8,15,17-20,28,30H,1-2,9-14,16H2,(H,31,32,34);1H. The molecule has 1 fully saturated rings.